The van der Waals surface area contributed by atoms with Crippen molar-refractivity contribution in [1.29, 1.82) is 0 Å². The molecule has 0 aliphatic carbocycles. The molecule has 0 radical (unpaired) electrons. The van der Waals surface area contributed by atoms with Crippen molar-refractivity contribution >= 4 is 12.0 Å². The highest BCUT2D eigenvalue weighted by molar-refractivity contribution is 5.85. The van der Waals surface area contributed by atoms with Crippen molar-refractivity contribution in [3.63, 3.8) is 0 Å². The molecule has 110 valence electrons. The van der Waals surface area contributed by atoms with Gasteiger partial charge in [0.1, 0.15) is 5.82 Å². The van der Waals surface area contributed by atoms with Gasteiger partial charge in [-0.15, -0.1) is 0 Å². The van der Waals surface area contributed by atoms with E-state index in [9.17, 15) is 14.3 Å². The summed E-state index contributed by atoms with van der Waals surface area (Å²) >= 11 is 0. The SMILES string of the molecule is CN(Cc1ccc(C=CC(=O)O)cc1F)CC(C)(C)O. The molecule has 0 bridgehead atoms. The van der Waals surface area contributed by atoms with E-state index >= 15 is 0 Å². The molecule has 0 aromatic heterocycles. The number of aliphatic carboxylic acids is 1. The molecule has 1 aromatic carbocycles. The van der Waals surface area contributed by atoms with Crippen LogP contribution in [0.5, 0.6) is 0 Å². The van der Waals surface area contributed by atoms with Gasteiger partial charge in [-0.3, -0.25) is 4.90 Å². The van der Waals surface area contributed by atoms with E-state index in [1.165, 1.54) is 12.1 Å². The molecule has 0 fully saturated rings. The Labute approximate surface area is 118 Å². The van der Waals surface area contributed by atoms with E-state index < -0.39 is 11.6 Å². The molecular weight excluding hydrogens is 261 g/mol. The lowest BCUT2D eigenvalue weighted by molar-refractivity contribution is -0.131. The second-order valence-electron chi connectivity index (χ2n) is 5.51. The summed E-state index contributed by atoms with van der Waals surface area (Å²) in [6.45, 7) is 4.19. The predicted octanol–water partition coefficient (Wildman–Crippen LogP) is 2.13. The molecule has 0 amide bonds. The lowest BCUT2D eigenvalue weighted by Crippen LogP contribution is -2.36. The van der Waals surface area contributed by atoms with Crippen LogP contribution in [-0.2, 0) is 11.3 Å². The fourth-order valence-electron chi connectivity index (χ4n) is 1.97. The number of aliphatic hydroxyl groups is 1. The van der Waals surface area contributed by atoms with Gasteiger partial charge in [0.05, 0.1) is 5.60 Å². The predicted molar refractivity (Wildman–Crippen MR) is 75.7 cm³/mol. The van der Waals surface area contributed by atoms with Crippen LogP contribution in [0.3, 0.4) is 0 Å². The van der Waals surface area contributed by atoms with E-state index in [0.717, 1.165) is 6.08 Å². The van der Waals surface area contributed by atoms with Crippen LogP contribution in [-0.4, -0.2) is 40.3 Å². The molecule has 0 saturated carbocycles. The van der Waals surface area contributed by atoms with Gasteiger partial charge in [0.15, 0.2) is 0 Å². The van der Waals surface area contributed by atoms with Gasteiger partial charge in [-0.05, 0) is 38.6 Å². The van der Waals surface area contributed by atoms with E-state index in [1.54, 1.807) is 33.0 Å². The molecule has 2 N–H and O–H groups in total. The first kappa shape index (κ1) is 16.3. The number of hydrogen-bond acceptors (Lipinski definition) is 3. The minimum atomic E-state index is -1.07. The Hall–Kier alpha value is -1.72. The summed E-state index contributed by atoms with van der Waals surface area (Å²) in [7, 11) is 1.80. The molecule has 0 aliphatic rings. The van der Waals surface area contributed by atoms with Crippen LogP contribution < -0.4 is 0 Å². The number of rotatable bonds is 6. The third-order valence-electron chi connectivity index (χ3n) is 2.59. The standard InChI is InChI=1S/C15H20FNO3/c1-15(2,20)10-17(3)9-12-6-4-11(8-13(12)16)5-7-14(18)19/h4-8,20H,9-10H2,1-3H3,(H,18,19). The summed E-state index contributed by atoms with van der Waals surface area (Å²) in [6, 6.07) is 4.58. The molecular formula is C15H20FNO3. The molecule has 1 aromatic rings. The topological polar surface area (TPSA) is 60.8 Å². The highest BCUT2D eigenvalue weighted by atomic mass is 19.1. The van der Waals surface area contributed by atoms with Gasteiger partial charge in [-0.25, -0.2) is 9.18 Å². The highest BCUT2D eigenvalue weighted by Gasteiger charge is 2.16. The third kappa shape index (κ3) is 5.95. The zero-order chi connectivity index (χ0) is 15.3. The Morgan fingerprint density at radius 2 is 2.10 bits per heavy atom. The minimum absolute atomic E-state index is 0.374. The summed E-state index contributed by atoms with van der Waals surface area (Å²) in [4.78, 5) is 12.2. The number of likely N-dealkylation sites (N-methyl/N-ethyl adjacent to an activating group) is 1. The first-order chi connectivity index (χ1) is 9.17. The van der Waals surface area contributed by atoms with Gasteiger partial charge in [0.2, 0.25) is 0 Å². The van der Waals surface area contributed by atoms with E-state index in [2.05, 4.69) is 0 Å². The monoisotopic (exact) mass is 281 g/mol. The van der Waals surface area contributed by atoms with Gasteiger partial charge >= 0.3 is 5.97 Å². The maximum Gasteiger partial charge on any atom is 0.328 e. The average Bonchev–Trinajstić information content (AvgIpc) is 2.27. The Kier molecular flexibility index (Phi) is 5.42. The summed E-state index contributed by atoms with van der Waals surface area (Å²) in [5, 5.41) is 18.2. The molecule has 0 spiro atoms. The van der Waals surface area contributed by atoms with Gasteiger partial charge < -0.3 is 10.2 Å². The Morgan fingerprint density at radius 1 is 1.45 bits per heavy atom. The Balaban J connectivity index is 2.76. The summed E-state index contributed by atoms with van der Waals surface area (Å²) in [6.07, 6.45) is 2.31. The lowest BCUT2D eigenvalue weighted by atomic mass is 10.1. The van der Waals surface area contributed by atoms with Crippen LogP contribution in [0.25, 0.3) is 6.08 Å². The van der Waals surface area contributed by atoms with Crippen molar-refractivity contribution in [1.82, 2.24) is 4.90 Å². The quantitative estimate of drug-likeness (QED) is 0.784. The molecule has 5 heteroatoms. The maximum absolute atomic E-state index is 13.9. The zero-order valence-electron chi connectivity index (χ0n) is 11.9. The second-order valence-corrected chi connectivity index (χ2v) is 5.51. The number of benzene rings is 1. The van der Waals surface area contributed by atoms with E-state index in [-0.39, 0.29) is 5.82 Å². The minimum Gasteiger partial charge on any atom is -0.478 e. The molecule has 20 heavy (non-hydrogen) atoms. The largest absolute Gasteiger partial charge is 0.478 e. The van der Waals surface area contributed by atoms with Crippen LogP contribution in [0.1, 0.15) is 25.0 Å². The normalized spacial score (nSPS) is 12.3. The number of carboxylic acid groups (broad SMARTS) is 1. The average molecular weight is 281 g/mol. The van der Waals surface area contributed by atoms with Gasteiger partial charge in [-0.2, -0.15) is 0 Å². The molecule has 0 heterocycles. The molecule has 0 saturated heterocycles. The van der Waals surface area contributed by atoms with Crippen LogP contribution in [0.4, 0.5) is 4.39 Å². The third-order valence-corrected chi connectivity index (χ3v) is 2.59. The smallest absolute Gasteiger partial charge is 0.328 e. The second kappa shape index (κ2) is 6.63. The number of hydrogen-bond donors (Lipinski definition) is 2. The van der Waals surface area contributed by atoms with Crippen molar-refractivity contribution in [3.05, 3.63) is 41.2 Å². The fraction of sp³-hybridized carbons (Fsp3) is 0.400. The van der Waals surface area contributed by atoms with Crippen molar-refractivity contribution in [3.8, 4) is 0 Å². The summed E-state index contributed by atoms with van der Waals surface area (Å²) < 4.78 is 13.9. The molecule has 4 nitrogen and oxygen atoms in total. The summed E-state index contributed by atoms with van der Waals surface area (Å²) in [5.41, 5.74) is 0.165. The maximum atomic E-state index is 13.9. The van der Waals surface area contributed by atoms with Crippen molar-refractivity contribution < 1.29 is 19.4 Å². The Morgan fingerprint density at radius 3 is 2.60 bits per heavy atom. The van der Waals surface area contributed by atoms with Crippen LogP contribution >= 0.6 is 0 Å². The first-order valence-corrected chi connectivity index (χ1v) is 6.28. The highest BCUT2D eigenvalue weighted by Crippen LogP contribution is 2.15. The molecule has 0 atom stereocenters. The van der Waals surface area contributed by atoms with Gasteiger partial charge in [-0.1, -0.05) is 12.1 Å². The number of carboxylic acids is 1. The molecule has 0 aliphatic heterocycles. The molecule has 1 rings (SSSR count). The van der Waals surface area contributed by atoms with Crippen LogP contribution in [0.2, 0.25) is 0 Å². The zero-order valence-corrected chi connectivity index (χ0v) is 11.9. The van der Waals surface area contributed by atoms with E-state index in [4.69, 9.17) is 5.11 Å². The van der Waals surface area contributed by atoms with E-state index in [1.807, 2.05) is 4.90 Å². The number of carbonyl (C=O) groups is 1. The van der Waals surface area contributed by atoms with Crippen LogP contribution in [0, 0.1) is 5.82 Å². The van der Waals surface area contributed by atoms with Crippen molar-refractivity contribution in [2.45, 2.75) is 26.0 Å². The van der Waals surface area contributed by atoms with Gasteiger partial charge in [0, 0.05) is 24.7 Å². The van der Waals surface area contributed by atoms with Crippen LogP contribution in [0.15, 0.2) is 24.3 Å². The van der Waals surface area contributed by atoms with Gasteiger partial charge in [0.25, 0.3) is 0 Å². The van der Waals surface area contributed by atoms with Crippen molar-refractivity contribution in [2.75, 3.05) is 13.6 Å². The van der Waals surface area contributed by atoms with Crippen molar-refractivity contribution in [2.24, 2.45) is 0 Å². The number of halogens is 1. The lowest BCUT2D eigenvalue weighted by Gasteiger charge is -2.25. The Bertz CT molecular complexity index is 506. The van der Waals surface area contributed by atoms with E-state index in [0.29, 0.717) is 24.2 Å². The first-order valence-electron chi connectivity index (χ1n) is 6.28. The number of nitrogens with zero attached hydrogens (tertiary/aromatic N) is 1. The fourth-order valence-corrected chi connectivity index (χ4v) is 1.97. The summed E-state index contributed by atoms with van der Waals surface area (Å²) in [5.74, 6) is -1.46. The molecule has 0 unspecified atom stereocenters.